The van der Waals surface area contributed by atoms with Gasteiger partial charge in [0.15, 0.2) is 0 Å². The first-order chi connectivity index (χ1) is 35.8. The highest BCUT2D eigenvalue weighted by molar-refractivity contribution is 5.57. The number of ether oxygens (including phenoxy) is 12. The molecule has 0 saturated carbocycles. The summed E-state index contributed by atoms with van der Waals surface area (Å²) in [6.45, 7) is 19.2. The summed E-state index contributed by atoms with van der Waals surface area (Å²) in [4.78, 5) is 0. The van der Waals surface area contributed by atoms with Crippen LogP contribution in [0.1, 0.15) is 97.2 Å². The van der Waals surface area contributed by atoms with Crippen molar-refractivity contribution in [3.8, 4) is 34.5 Å². The summed E-state index contributed by atoms with van der Waals surface area (Å²) < 4.78 is 71.4. The van der Waals surface area contributed by atoms with Gasteiger partial charge in [-0.05, 0) is 104 Å². The largest absolute Gasteiger partial charge is 0.491 e. The van der Waals surface area contributed by atoms with Crippen LogP contribution in [0.2, 0.25) is 0 Å². The molecule has 0 radical (unpaired) electrons. The van der Waals surface area contributed by atoms with Crippen molar-refractivity contribution in [2.75, 3.05) is 59.5 Å². The summed E-state index contributed by atoms with van der Waals surface area (Å²) in [6, 6.07) is 43.1. The Kier molecular flexibility index (Phi) is 13.1. The van der Waals surface area contributed by atoms with Crippen LogP contribution in [-0.2, 0) is 57.5 Å². The smallest absolute Gasteiger partial charge is 0.223 e. The van der Waals surface area contributed by atoms with Crippen LogP contribution < -0.4 is 28.4 Å². The molecule has 6 fully saturated rings. The number of hydrogen-bond acceptors (Lipinski definition) is 12. The summed E-state index contributed by atoms with van der Waals surface area (Å²) in [5.41, 5.74) is 9.82. The second kappa shape index (κ2) is 19.9. The van der Waals surface area contributed by atoms with Gasteiger partial charge >= 0.3 is 0 Å². The Morgan fingerprint density at radius 1 is 0.351 bits per heavy atom. The number of benzene rings is 6. The number of epoxide rings is 6. The molecule has 0 amide bonds. The molecule has 6 unspecified atom stereocenters. The summed E-state index contributed by atoms with van der Waals surface area (Å²) in [7, 11) is 0. The molecule has 6 aliphatic heterocycles. The molecule has 74 heavy (non-hydrogen) atoms. The molecule has 6 heterocycles. The third kappa shape index (κ3) is 11.6. The second-order valence-electron chi connectivity index (χ2n) is 22.0. The van der Waals surface area contributed by atoms with E-state index in [0.29, 0.717) is 52.5 Å². The molecule has 0 aromatic heterocycles. The normalized spacial score (nSPS) is 22.4. The highest BCUT2D eigenvalue weighted by atomic mass is 16.8. The van der Waals surface area contributed by atoms with Crippen LogP contribution in [0.25, 0.3) is 0 Å². The first kappa shape index (κ1) is 48.8. The van der Waals surface area contributed by atoms with E-state index in [1.54, 1.807) is 0 Å². The highest BCUT2D eigenvalue weighted by Gasteiger charge is 2.35. The molecule has 6 aliphatic rings. The first-order valence-electron chi connectivity index (χ1n) is 26.1. The van der Waals surface area contributed by atoms with E-state index in [-0.39, 0.29) is 48.0 Å². The Labute approximate surface area is 434 Å². The first-order valence-corrected chi connectivity index (χ1v) is 26.1. The zero-order chi connectivity index (χ0) is 50.6. The van der Waals surface area contributed by atoms with Gasteiger partial charge in [-0.15, -0.1) is 0 Å². The summed E-state index contributed by atoms with van der Waals surface area (Å²) >= 11 is 0. The van der Waals surface area contributed by atoms with E-state index in [0.717, 1.165) is 98.8 Å². The quantitative estimate of drug-likeness (QED) is 0.0506. The maximum atomic E-state index is 6.95. The van der Waals surface area contributed by atoms with Crippen molar-refractivity contribution in [3.63, 3.8) is 0 Å². The molecule has 0 aliphatic carbocycles. The predicted molar refractivity (Wildman–Crippen MR) is 277 cm³/mol. The molecule has 0 bridgehead atoms. The Morgan fingerprint density at radius 2 is 0.649 bits per heavy atom. The maximum absolute atomic E-state index is 6.95. The van der Waals surface area contributed by atoms with Gasteiger partial charge in [0, 0.05) is 29.1 Å². The zero-order valence-corrected chi connectivity index (χ0v) is 43.2. The van der Waals surface area contributed by atoms with E-state index in [2.05, 4.69) is 163 Å². The van der Waals surface area contributed by atoms with Gasteiger partial charge in [-0.1, -0.05) is 114 Å². The van der Waals surface area contributed by atoms with Crippen molar-refractivity contribution in [1.82, 2.24) is 0 Å². The van der Waals surface area contributed by atoms with Gasteiger partial charge in [0.25, 0.3) is 0 Å². The summed E-state index contributed by atoms with van der Waals surface area (Å²) in [5, 5.41) is 0. The lowest BCUT2D eigenvalue weighted by Gasteiger charge is -2.30. The van der Waals surface area contributed by atoms with Crippen LogP contribution in [0.4, 0.5) is 0 Å². The third-order valence-corrected chi connectivity index (χ3v) is 15.2. The minimum Gasteiger partial charge on any atom is -0.491 e. The molecule has 0 N–H and O–H groups in total. The molecular weight excluding hydrogens is 937 g/mol. The van der Waals surface area contributed by atoms with Gasteiger partial charge in [-0.2, -0.15) is 0 Å². The lowest BCUT2D eigenvalue weighted by Crippen LogP contribution is -2.21. The lowest BCUT2D eigenvalue weighted by molar-refractivity contribution is 0.175. The monoisotopic (exact) mass is 1000 g/mol. The van der Waals surface area contributed by atoms with Crippen LogP contribution in [-0.4, -0.2) is 96.6 Å². The van der Waals surface area contributed by atoms with Gasteiger partial charge in [0.05, 0.1) is 19.8 Å². The van der Waals surface area contributed by atoms with Crippen molar-refractivity contribution >= 4 is 0 Å². The van der Waals surface area contributed by atoms with Crippen LogP contribution in [0.15, 0.2) is 121 Å². The van der Waals surface area contributed by atoms with Crippen molar-refractivity contribution < 1.29 is 56.8 Å². The summed E-state index contributed by atoms with van der Waals surface area (Å²) in [6.07, 6.45) is 0.629. The molecule has 6 aromatic carbocycles. The van der Waals surface area contributed by atoms with E-state index in [1.807, 2.05) is 0 Å². The molecule has 0 spiro atoms. The van der Waals surface area contributed by atoms with E-state index in [9.17, 15) is 0 Å². The average molecular weight is 1000 g/mol. The van der Waals surface area contributed by atoms with Crippen LogP contribution >= 0.6 is 0 Å². The molecule has 12 nitrogen and oxygen atoms in total. The van der Waals surface area contributed by atoms with Gasteiger partial charge in [0.1, 0.15) is 92.5 Å². The standard InChI is InChI=1S/C62H66O12/c1-60(2,42-7-15-48(16-8-42)63-29-51-32-66-51)45-13-21-54(72-56-35-69-56)38(25-45)23-40-27-47(62(5,6)44-11-19-50(20-12-44)65-31-53-34-68-53)28-41(59(40)74-58-37-71-58)24-39-26-46(14-22-55(39)73-57-36-70-57)61(3,4)43-9-17-49(18-10-43)64-30-52-33-67-52/h7-22,25-28,51-53,56-58H,23-24,29-37H2,1-6H3. The molecular formula is C62H66O12. The minimum atomic E-state index is -0.449. The Balaban J connectivity index is 0.936. The van der Waals surface area contributed by atoms with Gasteiger partial charge in [0.2, 0.25) is 18.9 Å². The Hall–Kier alpha value is -6.12. The third-order valence-electron chi connectivity index (χ3n) is 15.2. The number of rotatable bonds is 25. The molecule has 12 heteroatoms. The van der Waals surface area contributed by atoms with E-state index < -0.39 is 5.41 Å². The summed E-state index contributed by atoms with van der Waals surface area (Å²) in [5.74, 6) is 4.82. The van der Waals surface area contributed by atoms with Gasteiger partial charge in [-0.3, -0.25) is 0 Å². The molecule has 386 valence electrons. The van der Waals surface area contributed by atoms with Crippen molar-refractivity contribution in [2.45, 2.75) is 108 Å². The van der Waals surface area contributed by atoms with Crippen LogP contribution in [0.5, 0.6) is 34.5 Å². The van der Waals surface area contributed by atoms with E-state index in [1.165, 1.54) is 11.1 Å². The van der Waals surface area contributed by atoms with Crippen molar-refractivity contribution in [3.05, 3.63) is 177 Å². The molecule has 6 aromatic rings. The second-order valence-corrected chi connectivity index (χ2v) is 22.0. The highest BCUT2D eigenvalue weighted by Crippen LogP contribution is 2.44. The average Bonchev–Trinajstić information content (AvgIpc) is 4.18. The lowest BCUT2D eigenvalue weighted by atomic mass is 9.75. The van der Waals surface area contributed by atoms with Crippen LogP contribution in [0, 0.1) is 0 Å². The predicted octanol–water partition coefficient (Wildman–Crippen LogP) is 10.4. The van der Waals surface area contributed by atoms with E-state index in [4.69, 9.17) is 56.8 Å². The Morgan fingerprint density at radius 3 is 0.973 bits per heavy atom. The number of hydrogen-bond donors (Lipinski definition) is 0. The minimum absolute atomic E-state index is 0.173. The fourth-order valence-corrected chi connectivity index (χ4v) is 9.58. The zero-order valence-electron chi connectivity index (χ0n) is 43.2. The molecule has 12 rings (SSSR count). The van der Waals surface area contributed by atoms with Gasteiger partial charge in [-0.25, -0.2) is 0 Å². The van der Waals surface area contributed by atoms with E-state index >= 15 is 0 Å². The topological polar surface area (TPSA) is 131 Å². The maximum Gasteiger partial charge on any atom is 0.223 e. The van der Waals surface area contributed by atoms with Crippen molar-refractivity contribution in [2.24, 2.45) is 0 Å². The van der Waals surface area contributed by atoms with Gasteiger partial charge < -0.3 is 56.8 Å². The molecule has 6 atom stereocenters. The SMILES string of the molecule is CC(C)(c1ccc(OCC2CO2)cc1)c1ccc(OC2CO2)c(Cc2cc(C(C)(C)c3ccc(OCC4CO4)cc3)cc(Cc3cc(C(C)(C)c4ccc(OCC5CO5)cc4)ccc3OC3CO3)c2OC2CO2)c1. The molecule has 6 saturated heterocycles. The fraction of sp³-hybridized carbons (Fsp3) is 0.419. The Bertz CT molecular complexity index is 2780. The van der Waals surface area contributed by atoms with Crippen molar-refractivity contribution in [1.29, 1.82) is 0 Å². The fourth-order valence-electron chi connectivity index (χ4n) is 9.58. The van der Waals surface area contributed by atoms with Crippen LogP contribution in [0.3, 0.4) is 0 Å².